The predicted molar refractivity (Wildman–Crippen MR) is 372 cm³/mol. The van der Waals surface area contributed by atoms with Crippen molar-refractivity contribution in [1.29, 1.82) is 0 Å². The van der Waals surface area contributed by atoms with Crippen LogP contribution in [-0.4, -0.2) is 68.5 Å². The lowest BCUT2D eigenvalue weighted by molar-refractivity contribution is -0.870. The summed E-state index contributed by atoms with van der Waals surface area (Å²) >= 11 is 0. The van der Waals surface area contributed by atoms with Gasteiger partial charge >= 0.3 is 0 Å². The second kappa shape index (κ2) is 67.9. The van der Waals surface area contributed by atoms with Gasteiger partial charge in [-0.1, -0.05) is 412 Å². The number of phosphoric ester groups is 1. The number of quaternary nitrogens is 1. The SMILES string of the molecule is CCCCCCCCCCCCCCCCCCCCCCCCCCCCCCCCCCC(=O)NC(COP(=O)([O-])OCC[N+](C)(C)C)C(O)CCCCCCCCCCCCCCCCCCCCCCCCCCCCCCCCC. The largest absolute Gasteiger partial charge is 0.756 e. The number of hydrogen-bond donors (Lipinski definition) is 2. The summed E-state index contributed by atoms with van der Waals surface area (Å²) in [6.07, 6.45) is 86.5. The fourth-order valence-electron chi connectivity index (χ4n) is 12.6. The first kappa shape index (κ1) is 84.5. The molecular formula is C76H155N2O6P. The summed E-state index contributed by atoms with van der Waals surface area (Å²) in [4.78, 5) is 25.7. The standard InChI is InChI=1S/C76H155N2O6P/c1-6-8-10-12-14-16-18-20-22-24-26-28-30-32-34-36-38-40-42-44-46-48-50-52-54-56-58-60-62-64-66-68-70-76(80)77-74(73-84-85(81,82)83-72-71-78(3,4)5)75(79)69-67-65-63-61-59-57-55-53-51-49-47-45-43-41-39-37-35-33-31-29-27-25-23-21-19-17-15-13-11-9-7-2/h74-75,79H,6-73H2,1-5H3,(H-,77,80,81,82). The Labute approximate surface area is 533 Å². The van der Waals surface area contributed by atoms with Gasteiger partial charge < -0.3 is 28.8 Å². The number of hydrogen-bond acceptors (Lipinski definition) is 6. The third-order valence-corrected chi connectivity index (χ3v) is 19.6. The van der Waals surface area contributed by atoms with E-state index in [-0.39, 0.29) is 19.1 Å². The van der Waals surface area contributed by atoms with E-state index in [9.17, 15) is 19.4 Å². The first-order valence-corrected chi connectivity index (χ1v) is 40.3. The summed E-state index contributed by atoms with van der Waals surface area (Å²) in [5.41, 5.74) is 0. The molecule has 0 aromatic heterocycles. The molecule has 0 aliphatic carbocycles. The lowest BCUT2D eigenvalue weighted by Crippen LogP contribution is -2.46. The zero-order valence-corrected chi connectivity index (χ0v) is 59.5. The molecule has 0 heterocycles. The highest BCUT2D eigenvalue weighted by Crippen LogP contribution is 2.38. The molecule has 8 nitrogen and oxygen atoms in total. The van der Waals surface area contributed by atoms with Crippen LogP contribution >= 0.6 is 7.82 Å². The normalized spacial score (nSPS) is 13.4. The first-order chi connectivity index (χ1) is 41.5. The molecule has 0 bridgehead atoms. The molecule has 0 rings (SSSR count). The Kier molecular flexibility index (Phi) is 67.5. The van der Waals surface area contributed by atoms with Crippen molar-refractivity contribution in [2.24, 2.45) is 0 Å². The number of phosphoric acid groups is 1. The molecule has 0 aliphatic rings. The van der Waals surface area contributed by atoms with Crippen molar-refractivity contribution in [3.05, 3.63) is 0 Å². The summed E-state index contributed by atoms with van der Waals surface area (Å²) in [7, 11) is 1.33. The number of nitrogens with one attached hydrogen (secondary N) is 1. The van der Waals surface area contributed by atoms with Crippen molar-refractivity contribution in [2.45, 2.75) is 443 Å². The minimum Gasteiger partial charge on any atom is -0.756 e. The Morgan fingerprint density at radius 3 is 0.800 bits per heavy atom. The number of rotatable bonds is 74. The van der Waals surface area contributed by atoms with E-state index in [1.807, 2.05) is 21.1 Å². The maximum absolute atomic E-state index is 13.1. The van der Waals surface area contributed by atoms with Gasteiger partial charge in [0, 0.05) is 6.42 Å². The van der Waals surface area contributed by atoms with Crippen molar-refractivity contribution in [2.75, 3.05) is 40.9 Å². The summed E-state index contributed by atoms with van der Waals surface area (Å²) in [5, 5.41) is 14.1. The fourth-order valence-corrected chi connectivity index (χ4v) is 13.3. The molecular weight excluding hydrogens is 1070 g/mol. The van der Waals surface area contributed by atoms with Crippen LogP contribution in [0.25, 0.3) is 0 Å². The van der Waals surface area contributed by atoms with E-state index in [4.69, 9.17) is 9.05 Å². The second-order valence-electron chi connectivity index (χ2n) is 28.4. The Morgan fingerprint density at radius 1 is 0.365 bits per heavy atom. The van der Waals surface area contributed by atoms with Crippen LogP contribution in [0.1, 0.15) is 431 Å². The van der Waals surface area contributed by atoms with Gasteiger partial charge in [-0.3, -0.25) is 9.36 Å². The predicted octanol–water partition coefficient (Wildman–Crippen LogP) is 24.4. The van der Waals surface area contributed by atoms with Crippen LogP contribution in [0.15, 0.2) is 0 Å². The Bertz CT molecular complexity index is 1350. The monoisotopic (exact) mass is 1220 g/mol. The smallest absolute Gasteiger partial charge is 0.268 e. The first-order valence-electron chi connectivity index (χ1n) is 38.9. The summed E-state index contributed by atoms with van der Waals surface area (Å²) < 4.78 is 23.6. The van der Waals surface area contributed by atoms with Gasteiger partial charge in [-0.25, -0.2) is 0 Å². The van der Waals surface area contributed by atoms with Crippen molar-refractivity contribution in [3.8, 4) is 0 Å². The van der Waals surface area contributed by atoms with Crippen LogP contribution in [0.4, 0.5) is 0 Å². The van der Waals surface area contributed by atoms with E-state index >= 15 is 0 Å². The summed E-state index contributed by atoms with van der Waals surface area (Å²) in [6, 6.07) is -0.798. The Balaban J connectivity index is 3.92. The molecule has 0 aromatic carbocycles. The number of amides is 1. The number of likely N-dealkylation sites (N-methyl/N-ethyl adjacent to an activating group) is 1. The quantitative estimate of drug-likeness (QED) is 0.0357. The van der Waals surface area contributed by atoms with Gasteiger partial charge in [-0.2, -0.15) is 0 Å². The van der Waals surface area contributed by atoms with Gasteiger partial charge in [0.05, 0.1) is 39.9 Å². The molecule has 0 saturated carbocycles. The molecule has 9 heteroatoms. The second-order valence-corrected chi connectivity index (χ2v) is 29.8. The van der Waals surface area contributed by atoms with E-state index in [1.165, 1.54) is 366 Å². The summed E-state index contributed by atoms with van der Waals surface area (Å²) in [5.74, 6) is -0.152. The molecule has 2 N–H and O–H groups in total. The van der Waals surface area contributed by atoms with Gasteiger partial charge in [0.2, 0.25) is 5.91 Å². The van der Waals surface area contributed by atoms with E-state index in [0.717, 1.165) is 38.5 Å². The number of aliphatic hydroxyl groups excluding tert-OH is 1. The third-order valence-electron chi connectivity index (χ3n) is 18.6. The average molecular weight is 1220 g/mol. The number of aliphatic hydroxyl groups is 1. The lowest BCUT2D eigenvalue weighted by Gasteiger charge is -2.30. The fraction of sp³-hybridized carbons (Fsp3) is 0.987. The van der Waals surface area contributed by atoms with Gasteiger partial charge in [-0.05, 0) is 12.8 Å². The van der Waals surface area contributed by atoms with Gasteiger partial charge in [0.25, 0.3) is 7.82 Å². The highest BCUT2D eigenvalue weighted by molar-refractivity contribution is 7.45. The highest BCUT2D eigenvalue weighted by atomic mass is 31.2. The Hall–Kier alpha value is -0.500. The zero-order chi connectivity index (χ0) is 61.9. The molecule has 0 spiro atoms. The molecule has 1 amide bonds. The van der Waals surface area contributed by atoms with Crippen molar-refractivity contribution in [1.82, 2.24) is 5.32 Å². The molecule has 3 unspecified atom stereocenters. The van der Waals surface area contributed by atoms with Crippen LogP contribution in [0, 0.1) is 0 Å². The van der Waals surface area contributed by atoms with Crippen molar-refractivity contribution >= 4 is 13.7 Å². The van der Waals surface area contributed by atoms with Crippen LogP contribution in [0.5, 0.6) is 0 Å². The number of carbonyl (C=O) groups excluding carboxylic acids is 1. The van der Waals surface area contributed by atoms with Gasteiger partial charge in [0.15, 0.2) is 0 Å². The Morgan fingerprint density at radius 2 is 0.576 bits per heavy atom. The minimum absolute atomic E-state index is 0.0171. The molecule has 0 aromatic rings. The zero-order valence-electron chi connectivity index (χ0n) is 58.6. The van der Waals surface area contributed by atoms with Gasteiger partial charge in [-0.15, -0.1) is 0 Å². The molecule has 0 radical (unpaired) electrons. The molecule has 0 aliphatic heterocycles. The van der Waals surface area contributed by atoms with E-state index in [2.05, 4.69) is 19.2 Å². The summed E-state index contributed by atoms with van der Waals surface area (Å²) in [6.45, 7) is 4.81. The maximum Gasteiger partial charge on any atom is 0.268 e. The lowest BCUT2D eigenvalue weighted by atomic mass is 10.0. The highest BCUT2D eigenvalue weighted by Gasteiger charge is 2.24. The number of nitrogens with zero attached hydrogens (tertiary/aromatic N) is 1. The molecule has 3 atom stereocenters. The third kappa shape index (κ3) is 70.8. The van der Waals surface area contributed by atoms with Crippen LogP contribution < -0.4 is 10.2 Å². The topological polar surface area (TPSA) is 108 Å². The minimum atomic E-state index is -4.58. The van der Waals surface area contributed by atoms with Crippen LogP contribution in [0.3, 0.4) is 0 Å². The van der Waals surface area contributed by atoms with Gasteiger partial charge in [0.1, 0.15) is 13.2 Å². The molecule has 510 valence electrons. The number of unbranched alkanes of at least 4 members (excludes halogenated alkanes) is 61. The van der Waals surface area contributed by atoms with E-state index < -0.39 is 20.0 Å². The molecule has 85 heavy (non-hydrogen) atoms. The molecule has 0 fully saturated rings. The number of carbonyl (C=O) groups is 1. The van der Waals surface area contributed by atoms with Crippen LogP contribution in [-0.2, 0) is 18.4 Å². The average Bonchev–Trinajstić information content (AvgIpc) is 3.49. The van der Waals surface area contributed by atoms with Crippen molar-refractivity contribution in [3.63, 3.8) is 0 Å². The van der Waals surface area contributed by atoms with E-state index in [0.29, 0.717) is 23.9 Å². The van der Waals surface area contributed by atoms with Crippen molar-refractivity contribution < 1.29 is 32.9 Å². The van der Waals surface area contributed by atoms with Crippen LogP contribution in [0.2, 0.25) is 0 Å². The molecule has 0 saturated heterocycles. The van der Waals surface area contributed by atoms with E-state index in [1.54, 1.807) is 0 Å². The maximum atomic E-state index is 13.1.